The monoisotopic (exact) mass is 477 g/mol. The third kappa shape index (κ3) is 6.29. The first kappa shape index (κ1) is 24.2. The van der Waals surface area contributed by atoms with Crippen LogP contribution in [0.2, 0.25) is 5.02 Å². The smallest absolute Gasteiger partial charge is 0.433 e. The number of aromatic nitrogens is 1. The van der Waals surface area contributed by atoms with Crippen molar-refractivity contribution in [3.8, 4) is 5.88 Å². The van der Waals surface area contributed by atoms with Crippen molar-refractivity contribution in [3.63, 3.8) is 0 Å². The van der Waals surface area contributed by atoms with Gasteiger partial charge in [-0.25, -0.2) is 13.8 Å². The van der Waals surface area contributed by atoms with Crippen LogP contribution in [0.3, 0.4) is 0 Å². The van der Waals surface area contributed by atoms with Crippen LogP contribution in [-0.2, 0) is 6.18 Å². The molecule has 0 bridgehead atoms. The highest BCUT2D eigenvalue weighted by Gasteiger charge is 2.36. The Labute approximate surface area is 186 Å². The molecule has 174 valence electrons. The highest BCUT2D eigenvalue weighted by atomic mass is 35.5. The maximum atomic E-state index is 15.0. The number of alkyl halides is 4. The first-order valence-corrected chi connectivity index (χ1v) is 10.3. The SMILES string of the molecule is O=C(c1ccc(F)c(Cl)c1)N1CCC(F)(CNCCOc2cccc(C(F)(F)F)n2)CC1. The van der Waals surface area contributed by atoms with Gasteiger partial charge in [0.05, 0.1) is 5.02 Å². The predicted octanol–water partition coefficient (Wildman–Crippen LogP) is 4.51. The number of nitrogens with one attached hydrogen (secondary N) is 1. The van der Waals surface area contributed by atoms with Crippen molar-refractivity contribution < 1.29 is 31.5 Å². The van der Waals surface area contributed by atoms with Crippen LogP contribution in [0.4, 0.5) is 22.0 Å². The highest BCUT2D eigenvalue weighted by Crippen LogP contribution is 2.29. The van der Waals surface area contributed by atoms with Crippen LogP contribution in [0.15, 0.2) is 36.4 Å². The van der Waals surface area contributed by atoms with Gasteiger partial charge in [0.15, 0.2) is 0 Å². The maximum Gasteiger partial charge on any atom is 0.433 e. The van der Waals surface area contributed by atoms with Gasteiger partial charge < -0.3 is 15.0 Å². The van der Waals surface area contributed by atoms with Crippen molar-refractivity contribution in [1.82, 2.24) is 15.2 Å². The van der Waals surface area contributed by atoms with Gasteiger partial charge in [-0.3, -0.25) is 4.79 Å². The van der Waals surface area contributed by atoms with Crippen LogP contribution < -0.4 is 10.1 Å². The van der Waals surface area contributed by atoms with E-state index in [9.17, 15) is 22.4 Å². The minimum Gasteiger partial charge on any atom is -0.476 e. The van der Waals surface area contributed by atoms with Gasteiger partial charge in [0, 0.05) is 50.7 Å². The number of amides is 1. The molecule has 1 saturated heterocycles. The lowest BCUT2D eigenvalue weighted by Crippen LogP contribution is -2.49. The Kier molecular flexibility index (Phi) is 7.55. The molecule has 1 aliphatic heterocycles. The van der Waals surface area contributed by atoms with Crippen molar-refractivity contribution in [2.75, 3.05) is 32.8 Å². The molecule has 1 N–H and O–H groups in total. The minimum absolute atomic E-state index is 0.0107. The van der Waals surface area contributed by atoms with Crippen molar-refractivity contribution in [3.05, 3.63) is 58.5 Å². The van der Waals surface area contributed by atoms with E-state index in [4.69, 9.17) is 16.3 Å². The molecule has 0 radical (unpaired) electrons. The third-order valence-corrected chi connectivity index (χ3v) is 5.39. The van der Waals surface area contributed by atoms with E-state index in [0.29, 0.717) is 0 Å². The number of benzene rings is 1. The molecule has 0 aliphatic carbocycles. The van der Waals surface area contributed by atoms with Crippen LogP contribution >= 0.6 is 11.6 Å². The van der Waals surface area contributed by atoms with Crippen LogP contribution in [0.1, 0.15) is 28.9 Å². The normalized spacial score (nSPS) is 16.1. The van der Waals surface area contributed by atoms with Gasteiger partial charge in [0.1, 0.15) is 23.8 Å². The number of halogens is 6. The van der Waals surface area contributed by atoms with Crippen molar-refractivity contribution in [2.45, 2.75) is 24.7 Å². The van der Waals surface area contributed by atoms with Crippen LogP contribution in [-0.4, -0.2) is 54.2 Å². The number of pyridine rings is 1. The van der Waals surface area contributed by atoms with Crippen LogP contribution in [0, 0.1) is 5.82 Å². The fraction of sp³-hybridized carbons (Fsp3) is 0.429. The summed E-state index contributed by atoms with van der Waals surface area (Å²) in [5, 5.41) is 2.73. The number of rotatable bonds is 7. The first-order valence-electron chi connectivity index (χ1n) is 9.88. The number of carbonyl (C=O) groups is 1. The topological polar surface area (TPSA) is 54.5 Å². The summed E-state index contributed by atoms with van der Waals surface area (Å²) in [6, 6.07) is 7.05. The molecule has 0 unspecified atom stereocenters. The third-order valence-electron chi connectivity index (χ3n) is 5.10. The Morgan fingerprint density at radius 2 is 1.94 bits per heavy atom. The molecule has 1 aromatic heterocycles. The molecule has 3 rings (SSSR count). The van der Waals surface area contributed by atoms with Gasteiger partial charge >= 0.3 is 6.18 Å². The number of piperidine rings is 1. The average molecular weight is 478 g/mol. The van der Waals surface area contributed by atoms with Crippen molar-refractivity contribution in [1.29, 1.82) is 0 Å². The lowest BCUT2D eigenvalue weighted by Gasteiger charge is -2.36. The Balaban J connectivity index is 1.40. The van der Waals surface area contributed by atoms with E-state index in [0.717, 1.165) is 12.1 Å². The first-order chi connectivity index (χ1) is 15.1. The summed E-state index contributed by atoms with van der Waals surface area (Å²) in [6.07, 6.45) is -4.34. The number of carbonyl (C=O) groups excluding carboxylic acids is 1. The van der Waals surface area contributed by atoms with Gasteiger partial charge in [-0.1, -0.05) is 17.7 Å². The number of ether oxygens (including phenoxy) is 1. The molecule has 0 atom stereocenters. The molecular weight excluding hydrogens is 457 g/mol. The van der Waals surface area contributed by atoms with Gasteiger partial charge in [-0.05, 0) is 24.3 Å². The Bertz CT molecular complexity index is 949. The average Bonchev–Trinajstić information content (AvgIpc) is 2.75. The molecule has 2 aromatic rings. The number of hydrogen-bond acceptors (Lipinski definition) is 4. The molecular formula is C21H21ClF5N3O2. The zero-order valence-electron chi connectivity index (χ0n) is 16.9. The molecule has 1 aliphatic rings. The quantitative estimate of drug-likeness (QED) is 0.471. The molecule has 1 aromatic carbocycles. The Hall–Kier alpha value is -2.46. The van der Waals surface area contributed by atoms with E-state index in [1.165, 1.54) is 29.2 Å². The van der Waals surface area contributed by atoms with Crippen molar-refractivity contribution >= 4 is 17.5 Å². The minimum atomic E-state index is -4.56. The van der Waals surface area contributed by atoms with Crippen LogP contribution in [0.5, 0.6) is 5.88 Å². The fourth-order valence-corrected chi connectivity index (χ4v) is 3.47. The Morgan fingerprint density at radius 3 is 2.59 bits per heavy atom. The number of hydrogen-bond donors (Lipinski definition) is 1. The van der Waals surface area contributed by atoms with Gasteiger partial charge in [-0.2, -0.15) is 13.2 Å². The largest absolute Gasteiger partial charge is 0.476 e. The molecule has 2 heterocycles. The van der Waals surface area contributed by atoms with Crippen molar-refractivity contribution in [2.24, 2.45) is 0 Å². The standard InChI is InChI=1S/C21H21ClF5N3O2/c22-15-12-14(4-5-16(15)23)19(31)30-9-6-20(24,7-10-30)13-28-8-11-32-18-3-1-2-17(29-18)21(25,26)27/h1-5,12,28H,6-11,13H2. The molecule has 0 saturated carbocycles. The Morgan fingerprint density at radius 1 is 1.22 bits per heavy atom. The second-order valence-electron chi connectivity index (χ2n) is 7.46. The second kappa shape index (κ2) is 9.99. The van der Waals surface area contributed by atoms with Gasteiger partial charge in [0.25, 0.3) is 5.91 Å². The van der Waals surface area contributed by atoms with Crippen LogP contribution in [0.25, 0.3) is 0 Å². The van der Waals surface area contributed by atoms with E-state index < -0.39 is 23.4 Å². The summed E-state index contributed by atoms with van der Waals surface area (Å²) >= 11 is 5.71. The van der Waals surface area contributed by atoms with E-state index in [1.54, 1.807) is 0 Å². The maximum absolute atomic E-state index is 15.0. The molecule has 32 heavy (non-hydrogen) atoms. The van der Waals surface area contributed by atoms with E-state index >= 15 is 4.39 Å². The number of likely N-dealkylation sites (tertiary alicyclic amines) is 1. The lowest BCUT2D eigenvalue weighted by molar-refractivity contribution is -0.141. The summed E-state index contributed by atoms with van der Waals surface area (Å²) in [4.78, 5) is 17.4. The summed E-state index contributed by atoms with van der Waals surface area (Å²) in [6.45, 7) is 0.616. The highest BCUT2D eigenvalue weighted by molar-refractivity contribution is 6.31. The van der Waals surface area contributed by atoms with Gasteiger partial charge in [0.2, 0.25) is 5.88 Å². The molecule has 5 nitrogen and oxygen atoms in total. The molecule has 1 fully saturated rings. The summed E-state index contributed by atoms with van der Waals surface area (Å²) in [7, 11) is 0. The van der Waals surface area contributed by atoms with E-state index in [-0.39, 0.29) is 68.0 Å². The fourth-order valence-electron chi connectivity index (χ4n) is 3.29. The van der Waals surface area contributed by atoms with E-state index in [2.05, 4.69) is 10.3 Å². The summed E-state index contributed by atoms with van der Waals surface area (Å²) in [5.74, 6) is -1.13. The molecule has 0 spiro atoms. The summed E-state index contributed by atoms with van der Waals surface area (Å²) in [5.41, 5.74) is -2.35. The number of nitrogens with zero attached hydrogens (tertiary/aromatic N) is 2. The zero-order valence-corrected chi connectivity index (χ0v) is 17.6. The summed E-state index contributed by atoms with van der Waals surface area (Å²) < 4.78 is 71.4. The van der Waals surface area contributed by atoms with E-state index in [1.807, 2.05) is 0 Å². The lowest BCUT2D eigenvalue weighted by atomic mass is 9.93. The second-order valence-corrected chi connectivity index (χ2v) is 7.86. The molecule has 1 amide bonds. The molecule has 11 heteroatoms. The zero-order chi connectivity index (χ0) is 23.4. The van der Waals surface area contributed by atoms with Gasteiger partial charge in [-0.15, -0.1) is 0 Å². The predicted molar refractivity (Wildman–Crippen MR) is 108 cm³/mol.